The fourth-order valence-electron chi connectivity index (χ4n) is 5.15. The van der Waals surface area contributed by atoms with Crippen molar-refractivity contribution < 1.29 is 18.0 Å². The Labute approximate surface area is 254 Å². The van der Waals surface area contributed by atoms with E-state index in [0.29, 0.717) is 10.7 Å². The van der Waals surface area contributed by atoms with Crippen LogP contribution in [-0.2, 0) is 26.2 Å². The Hall–Kier alpha value is -3.36. The minimum Gasteiger partial charge on any atom is -0.352 e. The summed E-state index contributed by atoms with van der Waals surface area (Å²) in [5.74, 6) is -0.474. The molecule has 0 unspecified atom stereocenters. The lowest BCUT2D eigenvalue weighted by Gasteiger charge is -2.32. The third-order valence-corrected chi connectivity index (χ3v) is 9.91. The van der Waals surface area contributed by atoms with Crippen LogP contribution in [0.25, 0.3) is 0 Å². The molecule has 42 heavy (non-hydrogen) atoms. The molecule has 0 saturated heterocycles. The van der Waals surface area contributed by atoms with E-state index < -0.39 is 28.5 Å². The maximum atomic E-state index is 14.1. The first kappa shape index (κ1) is 31.6. The Morgan fingerprint density at radius 2 is 1.50 bits per heavy atom. The zero-order valence-electron chi connectivity index (χ0n) is 24.7. The van der Waals surface area contributed by atoms with Crippen LogP contribution in [0.4, 0.5) is 5.69 Å². The van der Waals surface area contributed by atoms with E-state index in [0.717, 1.165) is 46.7 Å². The number of aryl methyl sites for hydroxylation is 1. The number of sulfonamides is 1. The summed E-state index contributed by atoms with van der Waals surface area (Å²) in [6.45, 7) is 7.35. The van der Waals surface area contributed by atoms with Gasteiger partial charge >= 0.3 is 0 Å². The smallest absolute Gasteiger partial charge is 0.264 e. The molecule has 1 atom stereocenters. The number of halogens is 1. The van der Waals surface area contributed by atoms with E-state index in [2.05, 4.69) is 19.2 Å². The third-order valence-electron chi connectivity index (χ3n) is 7.87. The van der Waals surface area contributed by atoms with Gasteiger partial charge < -0.3 is 10.2 Å². The minimum absolute atomic E-state index is 0.0881. The van der Waals surface area contributed by atoms with Crippen molar-refractivity contribution >= 4 is 39.1 Å². The van der Waals surface area contributed by atoms with Crippen LogP contribution < -0.4 is 9.62 Å². The SMILES string of the molecule is Cc1ccc(S(=O)(=O)N(CC(=O)N(Cc2ccc(Cl)cc2)[C@H](C)C(=O)NC2CCCC2)c2ccc(C(C)C)cc2)cc1. The molecule has 0 radical (unpaired) electrons. The van der Waals surface area contributed by atoms with E-state index >= 15 is 0 Å². The van der Waals surface area contributed by atoms with Gasteiger partial charge in [0.1, 0.15) is 12.6 Å². The van der Waals surface area contributed by atoms with Crippen LogP contribution in [0.15, 0.2) is 77.7 Å². The summed E-state index contributed by atoms with van der Waals surface area (Å²) in [5.41, 5.74) is 3.14. The van der Waals surface area contributed by atoms with Gasteiger partial charge in [0.15, 0.2) is 0 Å². The number of anilines is 1. The van der Waals surface area contributed by atoms with E-state index in [1.54, 1.807) is 67.6 Å². The summed E-state index contributed by atoms with van der Waals surface area (Å²) < 4.78 is 29.2. The molecule has 1 saturated carbocycles. The first-order valence-electron chi connectivity index (χ1n) is 14.5. The standard InChI is InChI=1S/C33H40ClN3O4S/c1-23(2)27-13-17-30(18-14-27)37(42(40,41)31-19-9-24(3)10-20-31)22-32(38)36(21-26-11-15-28(34)16-12-26)25(4)33(39)35-29-7-5-6-8-29/h9-20,23,25,29H,5-8,21-22H2,1-4H3,(H,35,39)/t25-/m1/s1. The van der Waals surface area contributed by atoms with Gasteiger partial charge in [-0.3, -0.25) is 13.9 Å². The highest BCUT2D eigenvalue weighted by molar-refractivity contribution is 7.92. The summed E-state index contributed by atoms with van der Waals surface area (Å²) in [6, 6.07) is 20.1. The van der Waals surface area contributed by atoms with Gasteiger partial charge in [-0.05, 0) is 80.1 Å². The van der Waals surface area contributed by atoms with Crippen molar-refractivity contribution in [3.63, 3.8) is 0 Å². The van der Waals surface area contributed by atoms with Gasteiger partial charge in [-0.1, -0.05) is 80.3 Å². The number of rotatable bonds is 11. The normalized spacial score (nSPS) is 14.5. The van der Waals surface area contributed by atoms with Crippen molar-refractivity contribution in [2.45, 2.75) is 82.8 Å². The monoisotopic (exact) mass is 609 g/mol. The highest BCUT2D eigenvalue weighted by Gasteiger charge is 2.33. The molecular formula is C33H40ClN3O4S. The average molecular weight is 610 g/mol. The van der Waals surface area contributed by atoms with Crippen LogP contribution in [0.1, 0.15) is 69.1 Å². The first-order chi connectivity index (χ1) is 20.0. The third kappa shape index (κ3) is 7.72. The Bertz CT molecular complexity index is 1470. The predicted molar refractivity (Wildman–Crippen MR) is 168 cm³/mol. The Morgan fingerprint density at radius 3 is 2.07 bits per heavy atom. The second-order valence-electron chi connectivity index (χ2n) is 11.4. The fourth-order valence-corrected chi connectivity index (χ4v) is 6.69. The first-order valence-corrected chi connectivity index (χ1v) is 16.3. The summed E-state index contributed by atoms with van der Waals surface area (Å²) in [5, 5.41) is 3.65. The highest BCUT2D eigenvalue weighted by Crippen LogP contribution is 2.27. The summed E-state index contributed by atoms with van der Waals surface area (Å²) in [7, 11) is -4.11. The van der Waals surface area contributed by atoms with Crippen LogP contribution in [0.5, 0.6) is 0 Å². The highest BCUT2D eigenvalue weighted by atomic mass is 35.5. The molecular weight excluding hydrogens is 570 g/mol. The largest absolute Gasteiger partial charge is 0.352 e. The van der Waals surface area contributed by atoms with Crippen molar-refractivity contribution in [2.24, 2.45) is 0 Å². The number of carbonyl (C=O) groups excluding carboxylic acids is 2. The van der Waals surface area contributed by atoms with Crippen molar-refractivity contribution in [1.82, 2.24) is 10.2 Å². The average Bonchev–Trinajstić information content (AvgIpc) is 3.48. The van der Waals surface area contributed by atoms with Crippen molar-refractivity contribution in [1.29, 1.82) is 0 Å². The molecule has 1 N–H and O–H groups in total. The van der Waals surface area contributed by atoms with Crippen LogP contribution in [0.3, 0.4) is 0 Å². The zero-order valence-corrected chi connectivity index (χ0v) is 26.3. The number of nitrogens with one attached hydrogen (secondary N) is 1. The lowest BCUT2D eigenvalue weighted by Crippen LogP contribution is -2.52. The molecule has 0 aromatic heterocycles. The molecule has 1 fully saturated rings. The molecule has 0 bridgehead atoms. The van der Waals surface area contributed by atoms with Crippen molar-refractivity contribution in [3.05, 3.63) is 94.5 Å². The number of hydrogen-bond donors (Lipinski definition) is 1. The Morgan fingerprint density at radius 1 is 0.905 bits per heavy atom. The number of nitrogens with zero attached hydrogens (tertiary/aromatic N) is 2. The van der Waals surface area contributed by atoms with Crippen molar-refractivity contribution in [2.75, 3.05) is 10.8 Å². The van der Waals surface area contributed by atoms with Gasteiger partial charge in [0, 0.05) is 17.6 Å². The molecule has 2 amide bonds. The Kier molecular flexibility index (Phi) is 10.3. The summed E-state index contributed by atoms with van der Waals surface area (Å²) >= 11 is 6.09. The van der Waals surface area contributed by atoms with E-state index in [1.165, 1.54) is 4.90 Å². The predicted octanol–water partition coefficient (Wildman–Crippen LogP) is 6.44. The van der Waals surface area contributed by atoms with Gasteiger partial charge in [-0.25, -0.2) is 8.42 Å². The second kappa shape index (κ2) is 13.7. The summed E-state index contributed by atoms with van der Waals surface area (Å²) in [6.07, 6.45) is 3.96. The molecule has 0 spiro atoms. The number of amides is 2. The maximum Gasteiger partial charge on any atom is 0.264 e. The topological polar surface area (TPSA) is 86.8 Å². The molecule has 224 valence electrons. The molecule has 3 aromatic carbocycles. The second-order valence-corrected chi connectivity index (χ2v) is 13.7. The number of carbonyl (C=O) groups is 2. The molecule has 0 aliphatic heterocycles. The van der Waals surface area contributed by atoms with E-state index in [9.17, 15) is 18.0 Å². The van der Waals surface area contributed by atoms with Gasteiger partial charge in [0.2, 0.25) is 11.8 Å². The van der Waals surface area contributed by atoms with Gasteiger partial charge in [-0.2, -0.15) is 0 Å². The van der Waals surface area contributed by atoms with Crippen molar-refractivity contribution in [3.8, 4) is 0 Å². The number of hydrogen-bond acceptors (Lipinski definition) is 4. The van der Waals surface area contributed by atoms with Crippen LogP contribution >= 0.6 is 11.6 Å². The van der Waals surface area contributed by atoms with Crippen LogP contribution in [0, 0.1) is 6.92 Å². The molecule has 4 rings (SSSR count). The lowest BCUT2D eigenvalue weighted by atomic mass is 10.0. The molecule has 9 heteroatoms. The van der Waals surface area contributed by atoms with Gasteiger partial charge in [0.05, 0.1) is 10.6 Å². The minimum atomic E-state index is -4.11. The summed E-state index contributed by atoms with van der Waals surface area (Å²) in [4.78, 5) is 29.0. The lowest BCUT2D eigenvalue weighted by molar-refractivity contribution is -0.139. The molecule has 3 aromatic rings. The zero-order chi connectivity index (χ0) is 30.4. The van der Waals surface area contributed by atoms with E-state index in [-0.39, 0.29) is 29.3 Å². The molecule has 0 heterocycles. The van der Waals surface area contributed by atoms with E-state index in [1.807, 2.05) is 19.1 Å². The number of benzene rings is 3. The van der Waals surface area contributed by atoms with Gasteiger partial charge in [0.25, 0.3) is 10.0 Å². The molecule has 7 nitrogen and oxygen atoms in total. The van der Waals surface area contributed by atoms with E-state index in [4.69, 9.17) is 11.6 Å². The fraction of sp³-hybridized carbons (Fsp3) is 0.394. The van der Waals surface area contributed by atoms with Crippen LogP contribution in [-0.4, -0.2) is 43.8 Å². The maximum absolute atomic E-state index is 14.1. The molecule has 1 aliphatic carbocycles. The van der Waals surface area contributed by atoms with Crippen LogP contribution in [0.2, 0.25) is 5.02 Å². The quantitative estimate of drug-likeness (QED) is 0.271. The Balaban J connectivity index is 1.69. The van der Waals surface area contributed by atoms with Gasteiger partial charge in [-0.15, -0.1) is 0 Å². The molecule has 1 aliphatic rings.